The number of hydrogen-bond donors (Lipinski definition) is 1. The summed E-state index contributed by atoms with van der Waals surface area (Å²) in [7, 11) is 0. The summed E-state index contributed by atoms with van der Waals surface area (Å²) in [5.41, 5.74) is 7.08. The molecule has 0 saturated carbocycles. The highest BCUT2D eigenvalue weighted by atomic mass is 16.6. The van der Waals surface area contributed by atoms with Crippen molar-refractivity contribution in [3.8, 4) is 0 Å². The number of azo groups is 1. The quantitative estimate of drug-likeness (QED) is 0.451. The number of anilines is 1. The monoisotopic (exact) mass is 282 g/mol. The zero-order valence-electron chi connectivity index (χ0n) is 10.7. The number of pyridine rings is 1. The van der Waals surface area contributed by atoms with Crippen LogP contribution in [0.2, 0.25) is 0 Å². The van der Waals surface area contributed by atoms with E-state index in [0.717, 1.165) is 0 Å². The van der Waals surface area contributed by atoms with Gasteiger partial charge in [0.05, 0.1) is 10.6 Å². The SMILES string of the molecule is Nc1c(N=Nc2ccc([N+](=O)[O-])cc2)nc2ccccn12. The molecule has 0 spiro atoms. The first-order chi connectivity index (χ1) is 10.1. The Morgan fingerprint density at radius 1 is 1.14 bits per heavy atom. The maximum absolute atomic E-state index is 10.6. The van der Waals surface area contributed by atoms with Crippen LogP contribution in [-0.4, -0.2) is 14.3 Å². The molecule has 104 valence electrons. The Morgan fingerprint density at radius 3 is 2.57 bits per heavy atom. The molecule has 0 aliphatic heterocycles. The molecule has 2 heterocycles. The van der Waals surface area contributed by atoms with Crippen molar-refractivity contribution in [2.45, 2.75) is 0 Å². The summed E-state index contributed by atoms with van der Waals surface area (Å²) in [5.74, 6) is 0.691. The van der Waals surface area contributed by atoms with Crippen molar-refractivity contribution in [2.24, 2.45) is 10.2 Å². The standard InChI is InChI=1S/C13H10N6O2/c14-12-13(15-11-3-1-2-8-18(11)12)17-16-9-4-6-10(7-5-9)19(20)21/h1-8H,14H2. The summed E-state index contributed by atoms with van der Waals surface area (Å²) in [6, 6.07) is 11.2. The normalized spacial score (nSPS) is 11.2. The Labute approximate surface area is 118 Å². The van der Waals surface area contributed by atoms with Gasteiger partial charge in [0.1, 0.15) is 5.65 Å². The summed E-state index contributed by atoms with van der Waals surface area (Å²) in [5, 5.41) is 18.5. The van der Waals surface area contributed by atoms with Gasteiger partial charge >= 0.3 is 0 Å². The smallest absolute Gasteiger partial charge is 0.269 e. The van der Waals surface area contributed by atoms with Gasteiger partial charge in [0, 0.05) is 18.3 Å². The molecular weight excluding hydrogens is 272 g/mol. The summed E-state index contributed by atoms with van der Waals surface area (Å²) in [6.45, 7) is 0. The van der Waals surface area contributed by atoms with E-state index in [4.69, 9.17) is 5.73 Å². The van der Waals surface area contributed by atoms with E-state index in [1.165, 1.54) is 24.3 Å². The Balaban J connectivity index is 1.90. The zero-order chi connectivity index (χ0) is 14.8. The van der Waals surface area contributed by atoms with Crippen LogP contribution in [0.3, 0.4) is 0 Å². The summed E-state index contributed by atoms with van der Waals surface area (Å²) in [6.07, 6.45) is 1.78. The van der Waals surface area contributed by atoms with E-state index in [9.17, 15) is 10.1 Å². The van der Waals surface area contributed by atoms with Crippen LogP contribution in [0.1, 0.15) is 0 Å². The Morgan fingerprint density at radius 2 is 1.90 bits per heavy atom. The van der Waals surface area contributed by atoms with E-state index in [1.807, 2.05) is 12.1 Å². The van der Waals surface area contributed by atoms with Gasteiger partial charge in [-0.2, -0.15) is 0 Å². The second kappa shape index (κ2) is 5.00. The van der Waals surface area contributed by atoms with Crippen molar-refractivity contribution in [3.63, 3.8) is 0 Å². The molecule has 0 aliphatic carbocycles. The highest BCUT2D eigenvalue weighted by Gasteiger charge is 2.08. The fourth-order valence-corrected chi connectivity index (χ4v) is 1.82. The first-order valence-corrected chi connectivity index (χ1v) is 6.04. The molecule has 2 N–H and O–H groups in total. The number of non-ortho nitro benzene ring substituents is 1. The number of fused-ring (bicyclic) bond motifs is 1. The Kier molecular flexibility index (Phi) is 3.03. The zero-order valence-corrected chi connectivity index (χ0v) is 10.7. The van der Waals surface area contributed by atoms with Gasteiger partial charge < -0.3 is 5.73 Å². The predicted octanol–water partition coefficient (Wildman–Crippen LogP) is 3.24. The van der Waals surface area contributed by atoms with Crippen LogP contribution >= 0.6 is 0 Å². The second-order valence-electron chi connectivity index (χ2n) is 4.22. The molecule has 8 heteroatoms. The van der Waals surface area contributed by atoms with E-state index in [0.29, 0.717) is 23.0 Å². The van der Waals surface area contributed by atoms with Gasteiger partial charge in [0.15, 0.2) is 5.82 Å². The average molecular weight is 282 g/mol. The molecule has 1 aromatic carbocycles. The van der Waals surface area contributed by atoms with Crippen LogP contribution in [-0.2, 0) is 0 Å². The summed E-state index contributed by atoms with van der Waals surface area (Å²) >= 11 is 0. The van der Waals surface area contributed by atoms with E-state index in [1.54, 1.807) is 16.7 Å². The molecule has 0 radical (unpaired) electrons. The van der Waals surface area contributed by atoms with Crippen molar-refractivity contribution in [2.75, 3.05) is 5.73 Å². The van der Waals surface area contributed by atoms with E-state index in [-0.39, 0.29) is 5.69 Å². The van der Waals surface area contributed by atoms with Gasteiger partial charge in [0.2, 0.25) is 5.82 Å². The lowest BCUT2D eigenvalue weighted by molar-refractivity contribution is -0.384. The number of hydrogen-bond acceptors (Lipinski definition) is 6. The van der Waals surface area contributed by atoms with Crippen molar-refractivity contribution >= 4 is 28.7 Å². The maximum atomic E-state index is 10.6. The van der Waals surface area contributed by atoms with Crippen LogP contribution < -0.4 is 5.73 Å². The second-order valence-corrected chi connectivity index (χ2v) is 4.22. The number of nitro groups is 1. The number of aromatic nitrogens is 2. The number of nitro benzene ring substituents is 1. The van der Waals surface area contributed by atoms with Gasteiger partial charge in [-0.3, -0.25) is 14.5 Å². The van der Waals surface area contributed by atoms with E-state index < -0.39 is 4.92 Å². The van der Waals surface area contributed by atoms with Crippen LogP contribution in [0.4, 0.5) is 23.0 Å². The van der Waals surface area contributed by atoms with Crippen LogP contribution in [0, 0.1) is 10.1 Å². The molecule has 0 saturated heterocycles. The molecular formula is C13H10N6O2. The number of nitrogens with two attached hydrogens (primary N) is 1. The largest absolute Gasteiger partial charge is 0.382 e. The van der Waals surface area contributed by atoms with Gasteiger partial charge in [-0.25, -0.2) is 4.98 Å². The number of imidazole rings is 1. The minimum atomic E-state index is -0.471. The molecule has 0 aliphatic rings. The Bertz CT molecular complexity index is 837. The number of benzene rings is 1. The molecule has 2 aromatic heterocycles. The molecule has 8 nitrogen and oxygen atoms in total. The minimum Gasteiger partial charge on any atom is -0.382 e. The number of rotatable bonds is 3. The van der Waals surface area contributed by atoms with Gasteiger partial charge in [0.25, 0.3) is 5.69 Å². The van der Waals surface area contributed by atoms with Crippen molar-refractivity contribution in [3.05, 3.63) is 58.8 Å². The van der Waals surface area contributed by atoms with Crippen molar-refractivity contribution in [1.29, 1.82) is 0 Å². The Hall–Kier alpha value is -3.29. The third-order valence-electron chi connectivity index (χ3n) is 2.87. The molecule has 0 unspecified atom stereocenters. The third kappa shape index (κ3) is 2.41. The highest BCUT2D eigenvalue weighted by Crippen LogP contribution is 2.25. The minimum absolute atomic E-state index is 0.00111. The molecule has 0 atom stereocenters. The maximum Gasteiger partial charge on any atom is 0.269 e. The molecule has 0 amide bonds. The molecule has 3 rings (SSSR count). The average Bonchev–Trinajstić information content (AvgIpc) is 2.82. The van der Waals surface area contributed by atoms with Gasteiger partial charge in [-0.05, 0) is 24.3 Å². The third-order valence-corrected chi connectivity index (χ3v) is 2.87. The highest BCUT2D eigenvalue weighted by molar-refractivity contribution is 5.62. The van der Waals surface area contributed by atoms with Crippen LogP contribution in [0.5, 0.6) is 0 Å². The lowest BCUT2D eigenvalue weighted by atomic mass is 10.3. The first-order valence-electron chi connectivity index (χ1n) is 6.04. The van der Waals surface area contributed by atoms with Crippen molar-refractivity contribution < 1.29 is 4.92 Å². The molecule has 3 aromatic rings. The number of nitrogens with zero attached hydrogens (tertiary/aromatic N) is 5. The molecule has 21 heavy (non-hydrogen) atoms. The van der Waals surface area contributed by atoms with Crippen LogP contribution in [0.15, 0.2) is 58.9 Å². The number of nitrogen functional groups attached to an aromatic ring is 1. The van der Waals surface area contributed by atoms with E-state index in [2.05, 4.69) is 15.2 Å². The predicted molar refractivity (Wildman–Crippen MR) is 76.9 cm³/mol. The lowest BCUT2D eigenvalue weighted by Gasteiger charge is -1.94. The van der Waals surface area contributed by atoms with Crippen molar-refractivity contribution in [1.82, 2.24) is 9.38 Å². The fraction of sp³-hybridized carbons (Fsp3) is 0. The summed E-state index contributed by atoms with van der Waals surface area (Å²) < 4.78 is 1.70. The fourth-order valence-electron chi connectivity index (χ4n) is 1.82. The van der Waals surface area contributed by atoms with Crippen LogP contribution in [0.25, 0.3) is 5.65 Å². The first kappa shape index (κ1) is 12.7. The lowest BCUT2D eigenvalue weighted by Crippen LogP contribution is -1.91. The topological polar surface area (TPSA) is 111 Å². The molecule has 0 fully saturated rings. The summed E-state index contributed by atoms with van der Waals surface area (Å²) in [4.78, 5) is 14.3. The molecule has 0 bridgehead atoms. The van der Waals surface area contributed by atoms with Gasteiger partial charge in [-0.1, -0.05) is 6.07 Å². The van der Waals surface area contributed by atoms with E-state index >= 15 is 0 Å². The van der Waals surface area contributed by atoms with Gasteiger partial charge in [-0.15, -0.1) is 10.2 Å².